The molecule has 0 saturated heterocycles. The maximum Gasteiger partial charge on any atom is 0.308 e. The van der Waals surface area contributed by atoms with E-state index in [9.17, 15) is 14.4 Å². The molecule has 3 aromatic rings. The van der Waals surface area contributed by atoms with E-state index in [1.807, 2.05) is 6.07 Å². The summed E-state index contributed by atoms with van der Waals surface area (Å²) < 4.78 is 10.4. The molecule has 4 rings (SSSR count). The van der Waals surface area contributed by atoms with E-state index in [0.29, 0.717) is 12.2 Å². The molecule has 1 N–H and O–H groups in total. The van der Waals surface area contributed by atoms with Crippen molar-refractivity contribution in [3.8, 4) is 5.75 Å². The number of esters is 1. The van der Waals surface area contributed by atoms with Gasteiger partial charge in [-0.2, -0.15) is 0 Å². The molecule has 30 heavy (non-hydrogen) atoms. The number of carbonyl (C=O) groups is 3. The molecule has 1 aliphatic heterocycles. The van der Waals surface area contributed by atoms with Crippen LogP contribution in [-0.4, -0.2) is 24.3 Å². The van der Waals surface area contributed by atoms with Crippen LogP contribution in [0.3, 0.4) is 0 Å². The Morgan fingerprint density at radius 1 is 1.07 bits per heavy atom. The predicted molar refractivity (Wildman–Crippen MR) is 111 cm³/mol. The summed E-state index contributed by atoms with van der Waals surface area (Å²) in [7, 11) is 0. The molecule has 0 aliphatic carbocycles. The van der Waals surface area contributed by atoms with Gasteiger partial charge >= 0.3 is 5.97 Å². The molecule has 0 unspecified atom stereocenters. The number of fused-ring (bicyclic) bond motifs is 1. The molecular weight excluding hydrogens is 384 g/mol. The number of aryl methyl sites for hydroxylation is 1. The Hall–Kier alpha value is -3.87. The molecule has 7 heteroatoms. The molecule has 0 fully saturated rings. The van der Waals surface area contributed by atoms with Crippen LogP contribution in [0.15, 0.2) is 65.3 Å². The number of hydrogen-bond acceptors (Lipinski definition) is 5. The third kappa shape index (κ3) is 3.96. The molecule has 0 spiro atoms. The highest BCUT2D eigenvalue weighted by Crippen LogP contribution is 2.32. The van der Waals surface area contributed by atoms with Gasteiger partial charge in [0.2, 0.25) is 0 Å². The van der Waals surface area contributed by atoms with E-state index in [2.05, 4.69) is 5.32 Å². The number of para-hydroxylation sites is 1. The van der Waals surface area contributed by atoms with E-state index in [4.69, 9.17) is 9.15 Å². The first kappa shape index (κ1) is 19.4. The molecule has 2 amide bonds. The zero-order valence-corrected chi connectivity index (χ0v) is 16.4. The summed E-state index contributed by atoms with van der Waals surface area (Å²) >= 11 is 0. The summed E-state index contributed by atoms with van der Waals surface area (Å²) in [5.74, 6) is -0.671. The smallest absolute Gasteiger partial charge is 0.308 e. The fraction of sp³-hybridized carbons (Fsp3) is 0.174. The lowest BCUT2D eigenvalue weighted by molar-refractivity contribution is -0.131. The average Bonchev–Trinajstić information content (AvgIpc) is 3.27. The standard InChI is InChI=1S/C23H20N2O5/c1-15(26)30-20-8-3-2-7-18(20)22(27)24-17-11-10-16-6-4-12-25(19(16)14-17)23(28)21-9-5-13-29-21/h2-3,5,7-11,13-14H,4,6,12H2,1H3,(H,24,27). The number of ether oxygens (including phenoxy) is 1. The normalized spacial score (nSPS) is 12.8. The largest absolute Gasteiger partial charge is 0.459 e. The van der Waals surface area contributed by atoms with Crippen molar-refractivity contribution in [3.05, 3.63) is 77.7 Å². The Labute approximate surface area is 173 Å². The molecule has 0 atom stereocenters. The third-order valence-corrected chi connectivity index (χ3v) is 4.82. The predicted octanol–water partition coefficient (Wildman–Crippen LogP) is 4.05. The van der Waals surface area contributed by atoms with Gasteiger partial charge < -0.3 is 19.4 Å². The summed E-state index contributed by atoms with van der Waals surface area (Å²) in [6.07, 6.45) is 3.16. The lowest BCUT2D eigenvalue weighted by atomic mass is 10.0. The van der Waals surface area contributed by atoms with E-state index >= 15 is 0 Å². The first-order chi connectivity index (χ1) is 14.5. The summed E-state index contributed by atoms with van der Waals surface area (Å²) in [6.45, 7) is 1.85. The van der Waals surface area contributed by atoms with Crippen LogP contribution in [0, 0.1) is 0 Å². The van der Waals surface area contributed by atoms with Crippen LogP contribution in [0.4, 0.5) is 11.4 Å². The van der Waals surface area contributed by atoms with Crippen LogP contribution in [0.25, 0.3) is 0 Å². The van der Waals surface area contributed by atoms with Crippen molar-refractivity contribution in [2.24, 2.45) is 0 Å². The van der Waals surface area contributed by atoms with E-state index in [1.54, 1.807) is 53.4 Å². The summed E-state index contributed by atoms with van der Waals surface area (Å²) in [5, 5.41) is 2.82. The Morgan fingerprint density at radius 3 is 2.67 bits per heavy atom. The van der Waals surface area contributed by atoms with Gasteiger partial charge in [-0.15, -0.1) is 0 Å². The molecule has 0 saturated carbocycles. The number of nitrogens with zero attached hydrogens (tertiary/aromatic N) is 1. The zero-order chi connectivity index (χ0) is 21.1. The minimum atomic E-state index is -0.504. The molecule has 1 aromatic heterocycles. The minimum Gasteiger partial charge on any atom is -0.459 e. The molecule has 0 radical (unpaired) electrons. The Bertz CT molecular complexity index is 1100. The number of hydrogen-bond donors (Lipinski definition) is 1. The van der Waals surface area contributed by atoms with Gasteiger partial charge in [0, 0.05) is 24.8 Å². The van der Waals surface area contributed by atoms with Crippen molar-refractivity contribution in [3.63, 3.8) is 0 Å². The number of benzene rings is 2. The summed E-state index contributed by atoms with van der Waals surface area (Å²) in [5.41, 5.74) is 2.55. The second-order valence-electron chi connectivity index (χ2n) is 6.93. The van der Waals surface area contributed by atoms with Crippen LogP contribution in [-0.2, 0) is 11.2 Å². The lowest BCUT2D eigenvalue weighted by Gasteiger charge is -2.29. The molecule has 2 heterocycles. The second kappa shape index (κ2) is 8.24. The average molecular weight is 404 g/mol. The van der Waals surface area contributed by atoms with E-state index in [-0.39, 0.29) is 23.0 Å². The van der Waals surface area contributed by atoms with Gasteiger partial charge in [-0.1, -0.05) is 18.2 Å². The highest BCUT2D eigenvalue weighted by Gasteiger charge is 2.26. The van der Waals surface area contributed by atoms with Crippen molar-refractivity contribution in [1.82, 2.24) is 0 Å². The van der Waals surface area contributed by atoms with Crippen molar-refractivity contribution < 1.29 is 23.5 Å². The van der Waals surface area contributed by atoms with Gasteiger partial charge in [-0.05, 0) is 54.8 Å². The monoisotopic (exact) mass is 404 g/mol. The molecule has 7 nitrogen and oxygen atoms in total. The minimum absolute atomic E-state index is 0.190. The van der Waals surface area contributed by atoms with Crippen molar-refractivity contribution in [2.75, 3.05) is 16.8 Å². The van der Waals surface area contributed by atoms with Crippen LogP contribution in [0.5, 0.6) is 5.75 Å². The maximum atomic E-state index is 12.8. The number of amides is 2. The summed E-state index contributed by atoms with van der Waals surface area (Å²) in [6, 6.07) is 15.3. The van der Waals surface area contributed by atoms with Gasteiger partial charge in [0.15, 0.2) is 5.76 Å². The fourth-order valence-electron chi connectivity index (χ4n) is 3.49. The van der Waals surface area contributed by atoms with Crippen molar-refractivity contribution in [1.29, 1.82) is 0 Å². The Kier molecular flexibility index (Phi) is 5.34. The van der Waals surface area contributed by atoms with Gasteiger partial charge in [0.25, 0.3) is 11.8 Å². The van der Waals surface area contributed by atoms with E-state index in [0.717, 1.165) is 24.1 Å². The van der Waals surface area contributed by atoms with E-state index in [1.165, 1.54) is 13.2 Å². The Morgan fingerprint density at radius 2 is 1.90 bits per heavy atom. The Balaban J connectivity index is 1.60. The number of rotatable bonds is 4. The van der Waals surface area contributed by atoms with Gasteiger partial charge in [0.05, 0.1) is 11.8 Å². The van der Waals surface area contributed by atoms with E-state index < -0.39 is 11.9 Å². The van der Waals surface area contributed by atoms with Crippen molar-refractivity contribution >= 4 is 29.2 Å². The second-order valence-corrected chi connectivity index (χ2v) is 6.93. The number of carbonyl (C=O) groups excluding carboxylic acids is 3. The highest BCUT2D eigenvalue weighted by atomic mass is 16.5. The first-order valence-corrected chi connectivity index (χ1v) is 9.60. The third-order valence-electron chi connectivity index (χ3n) is 4.82. The lowest BCUT2D eigenvalue weighted by Crippen LogP contribution is -2.35. The van der Waals surface area contributed by atoms with Crippen LogP contribution >= 0.6 is 0 Å². The maximum absolute atomic E-state index is 12.8. The fourth-order valence-corrected chi connectivity index (χ4v) is 3.49. The van der Waals surface area contributed by atoms with Gasteiger partial charge in [0.1, 0.15) is 5.75 Å². The van der Waals surface area contributed by atoms with Gasteiger partial charge in [-0.3, -0.25) is 14.4 Å². The van der Waals surface area contributed by atoms with Crippen LogP contribution < -0.4 is 15.0 Å². The number of nitrogens with one attached hydrogen (secondary N) is 1. The summed E-state index contributed by atoms with van der Waals surface area (Å²) in [4.78, 5) is 38.6. The molecule has 0 bridgehead atoms. The first-order valence-electron chi connectivity index (χ1n) is 9.60. The van der Waals surface area contributed by atoms with Gasteiger partial charge in [-0.25, -0.2) is 0 Å². The zero-order valence-electron chi connectivity index (χ0n) is 16.4. The molecule has 152 valence electrons. The number of anilines is 2. The SMILES string of the molecule is CC(=O)Oc1ccccc1C(=O)Nc1ccc2c(c1)N(C(=O)c1ccco1)CCC2. The van der Waals surface area contributed by atoms with Crippen molar-refractivity contribution in [2.45, 2.75) is 19.8 Å². The number of furan rings is 1. The van der Waals surface area contributed by atoms with Crippen LogP contribution in [0.2, 0.25) is 0 Å². The molecular formula is C23H20N2O5. The molecule has 2 aromatic carbocycles. The molecule has 1 aliphatic rings. The topological polar surface area (TPSA) is 88.9 Å². The highest BCUT2D eigenvalue weighted by molar-refractivity contribution is 6.08. The quantitative estimate of drug-likeness (QED) is 0.523. The van der Waals surface area contributed by atoms with Crippen LogP contribution in [0.1, 0.15) is 39.8 Å².